The number of benzene rings is 3. The molecule has 0 spiro atoms. The van der Waals surface area contributed by atoms with Gasteiger partial charge in [-0.1, -0.05) is 66.2 Å². The van der Waals surface area contributed by atoms with Crippen LogP contribution in [0.15, 0.2) is 96.0 Å². The standard InChI is InChI=1S/C30H26ClN3O2S/c1-21-29(26-8-2-3-9-27(26)34(21)20-22-11-13-25(31)14-12-22)23-15-18-33(19-16-23)37(35,36)28-10-4-6-24-7-5-17-32-30(24)28/h2-15,17H,16,18-20H2,1H3. The number of rotatable bonds is 5. The third-order valence-corrected chi connectivity index (χ3v) is 9.34. The van der Waals surface area contributed by atoms with E-state index in [-0.39, 0.29) is 4.90 Å². The third-order valence-electron chi connectivity index (χ3n) is 7.19. The Balaban J connectivity index is 1.35. The van der Waals surface area contributed by atoms with Gasteiger partial charge in [-0.2, -0.15) is 4.31 Å². The van der Waals surface area contributed by atoms with Crippen LogP contribution in [0.1, 0.15) is 23.2 Å². The van der Waals surface area contributed by atoms with Gasteiger partial charge in [-0.15, -0.1) is 0 Å². The molecule has 7 heteroatoms. The van der Waals surface area contributed by atoms with Gasteiger partial charge in [-0.3, -0.25) is 4.98 Å². The lowest BCUT2D eigenvalue weighted by molar-refractivity contribution is 0.441. The Morgan fingerprint density at radius 1 is 0.946 bits per heavy atom. The normalized spacial score (nSPS) is 14.8. The van der Waals surface area contributed by atoms with E-state index >= 15 is 0 Å². The Labute approximate surface area is 221 Å². The van der Waals surface area contributed by atoms with E-state index in [0.29, 0.717) is 25.0 Å². The van der Waals surface area contributed by atoms with Crippen LogP contribution >= 0.6 is 11.6 Å². The summed E-state index contributed by atoms with van der Waals surface area (Å²) in [5, 5.41) is 2.74. The zero-order valence-electron chi connectivity index (χ0n) is 20.4. The van der Waals surface area contributed by atoms with Gasteiger partial charge in [0.2, 0.25) is 10.0 Å². The molecule has 1 aliphatic heterocycles. The monoisotopic (exact) mass is 527 g/mol. The number of fused-ring (bicyclic) bond motifs is 2. The topological polar surface area (TPSA) is 55.2 Å². The van der Waals surface area contributed by atoms with E-state index in [2.05, 4.69) is 58.9 Å². The van der Waals surface area contributed by atoms with Crippen LogP contribution in [0.3, 0.4) is 0 Å². The van der Waals surface area contributed by atoms with Gasteiger partial charge < -0.3 is 4.57 Å². The summed E-state index contributed by atoms with van der Waals surface area (Å²) in [5.74, 6) is 0. The number of sulfonamides is 1. The summed E-state index contributed by atoms with van der Waals surface area (Å²) in [5.41, 5.74) is 6.43. The van der Waals surface area contributed by atoms with Crippen molar-refractivity contribution in [1.82, 2.24) is 13.9 Å². The number of hydrogen-bond donors (Lipinski definition) is 0. The average Bonchev–Trinajstić information content (AvgIpc) is 3.20. The fourth-order valence-electron chi connectivity index (χ4n) is 5.33. The molecule has 1 aliphatic rings. The molecule has 0 bridgehead atoms. The molecular formula is C30H26ClN3O2S. The molecule has 3 heterocycles. The van der Waals surface area contributed by atoms with Crippen molar-refractivity contribution in [3.8, 4) is 0 Å². The molecular weight excluding hydrogens is 502 g/mol. The van der Waals surface area contributed by atoms with Gasteiger partial charge in [0.1, 0.15) is 4.90 Å². The second-order valence-electron chi connectivity index (χ2n) is 9.36. The number of nitrogens with zero attached hydrogens (tertiary/aromatic N) is 3. The highest BCUT2D eigenvalue weighted by molar-refractivity contribution is 7.89. The quantitative estimate of drug-likeness (QED) is 0.256. The lowest BCUT2D eigenvalue weighted by Crippen LogP contribution is -2.34. The molecule has 6 rings (SSSR count). The van der Waals surface area contributed by atoms with Crippen LogP contribution < -0.4 is 0 Å². The summed E-state index contributed by atoms with van der Waals surface area (Å²) in [6, 6.07) is 25.4. The minimum atomic E-state index is -3.68. The lowest BCUT2D eigenvalue weighted by Gasteiger charge is -2.26. The van der Waals surface area contributed by atoms with Crippen LogP contribution in [0, 0.1) is 6.92 Å². The predicted octanol–water partition coefficient (Wildman–Crippen LogP) is 6.68. The van der Waals surface area contributed by atoms with Gasteiger partial charge >= 0.3 is 0 Å². The van der Waals surface area contributed by atoms with Crippen molar-refractivity contribution in [3.63, 3.8) is 0 Å². The molecule has 0 saturated heterocycles. The van der Waals surface area contributed by atoms with Crippen molar-refractivity contribution in [2.24, 2.45) is 0 Å². The highest BCUT2D eigenvalue weighted by atomic mass is 35.5. The maximum absolute atomic E-state index is 13.6. The highest BCUT2D eigenvalue weighted by Crippen LogP contribution is 2.36. The predicted molar refractivity (Wildman–Crippen MR) is 150 cm³/mol. The second kappa shape index (κ2) is 9.45. The minimum Gasteiger partial charge on any atom is -0.340 e. The lowest BCUT2D eigenvalue weighted by atomic mass is 9.97. The minimum absolute atomic E-state index is 0.262. The SMILES string of the molecule is Cc1c(C2=CCN(S(=O)(=O)c3cccc4cccnc34)CC2)c2ccccc2n1Cc1ccc(Cl)cc1. The first kappa shape index (κ1) is 23.9. The van der Waals surface area contributed by atoms with Gasteiger partial charge in [0, 0.05) is 58.4 Å². The van der Waals surface area contributed by atoms with E-state index < -0.39 is 10.0 Å². The van der Waals surface area contributed by atoms with Crippen molar-refractivity contribution >= 4 is 49.0 Å². The van der Waals surface area contributed by atoms with Gasteiger partial charge in [0.05, 0.1) is 5.52 Å². The maximum atomic E-state index is 13.6. The summed E-state index contributed by atoms with van der Waals surface area (Å²) in [4.78, 5) is 4.62. The first-order valence-corrected chi connectivity index (χ1v) is 14.1. The van der Waals surface area contributed by atoms with E-state index in [1.807, 2.05) is 30.3 Å². The fraction of sp³-hybridized carbons (Fsp3) is 0.167. The molecule has 0 fully saturated rings. The van der Waals surface area contributed by atoms with Crippen LogP contribution in [-0.2, 0) is 16.6 Å². The summed E-state index contributed by atoms with van der Waals surface area (Å²) in [6.07, 6.45) is 4.35. The Hall–Kier alpha value is -3.45. The Morgan fingerprint density at radius 3 is 2.51 bits per heavy atom. The number of aromatic nitrogens is 2. The van der Waals surface area contributed by atoms with Crippen LogP contribution in [0.5, 0.6) is 0 Å². The van der Waals surface area contributed by atoms with Gasteiger partial charge in [0.15, 0.2) is 0 Å². The molecule has 0 unspecified atom stereocenters. The maximum Gasteiger partial charge on any atom is 0.245 e. The summed E-state index contributed by atoms with van der Waals surface area (Å²) in [7, 11) is -3.68. The van der Waals surface area contributed by atoms with Crippen LogP contribution in [0.25, 0.3) is 27.4 Å². The molecule has 5 nitrogen and oxygen atoms in total. The van der Waals surface area contributed by atoms with Gasteiger partial charge in [-0.25, -0.2) is 8.42 Å². The number of pyridine rings is 1. The van der Waals surface area contributed by atoms with Crippen molar-refractivity contribution < 1.29 is 8.42 Å². The summed E-state index contributed by atoms with van der Waals surface area (Å²) in [6.45, 7) is 3.65. The first-order valence-electron chi connectivity index (χ1n) is 12.3. The van der Waals surface area contributed by atoms with Crippen LogP contribution in [0.4, 0.5) is 0 Å². The number of hydrogen-bond acceptors (Lipinski definition) is 3. The van der Waals surface area contributed by atoms with E-state index in [4.69, 9.17) is 11.6 Å². The molecule has 0 radical (unpaired) electrons. The van der Waals surface area contributed by atoms with Crippen LogP contribution in [-0.4, -0.2) is 35.4 Å². The van der Waals surface area contributed by atoms with Crippen molar-refractivity contribution in [1.29, 1.82) is 0 Å². The second-order valence-corrected chi connectivity index (χ2v) is 11.7. The molecule has 186 valence electrons. The molecule has 0 N–H and O–H groups in total. The number of para-hydroxylation sites is 2. The average molecular weight is 528 g/mol. The van der Waals surface area contributed by atoms with Gasteiger partial charge in [-0.05, 0) is 54.8 Å². The molecule has 3 aromatic carbocycles. The van der Waals surface area contributed by atoms with Crippen molar-refractivity contribution in [2.45, 2.75) is 24.8 Å². The Bertz CT molecular complexity index is 1770. The first-order chi connectivity index (χ1) is 17.9. The third kappa shape index (κ3) is 4.25. The molecule has 5 aromatic rings. The molecule has 2 aromatic heterocycles. The zero-order chi connectivity index (χ0) is 25.6. The molecule has 0 aliphatic carbocycles. The van der Waals surface area contributed by atoms with E-state index in [1.165, 1.54) is 33.3 Å². The largest absolute Gasteiger partial charge is 0.340 e. The molecule has 0 saturated carbocycles. The molecule has 37 heavy (non-hydrogen) atoms. The molecule has 0 amide bonds. The van der Waals surface area contributed by atoms with Gasteiger partial charge in [0.25, 0.3) is 0 Å². The van der Waals surface area contributed by atoms with Crippen molar-refractivity contribution in [3.05, 3.63) is 113 Å². The fourth-order valence-corrected chi connectivity index (χ4v) is 7.00. The highest BCUT2D eigenvalue weighted by Gasteiger charge is 2.29. The van der Waals surface area contributed by atoms with Crippen LogP contribution in [0.2, 0.25) is 5.02 Å². The zero-order valence-corrected chi connectivity index (χ0v) is 22.0. The van der Waals surface area contributed by atoms with E-state index in [0.717, 1.165) is 17.0 Å². The number of halogens is 1. The van der Waals surface area contributed by atoms with E-state index in [9.17, 15) is 8.42 Å². The summed E-state index contributed by atoms with van der Waals surface area (Å²) < 4.78 is 31.1. The smallest absolute Gasteiger partial charge is 0.245 e. The van der Waals surface area contributed by atoms with E-state index in [1.54, 1.807) is 22.6 Å². The summed E-state index contributed by atoms with van der Waals surface area (Å²) >= 11 is 6.09. The molecule has 0 atom stereocenters. The Kier molecular flexibility index (Phi) is 6.11. The Morgan fingerprint density at radius 2 is 1.73 bits per heavy atom. The van der Waals surface area contributed by atoms with Crippen molar-refractivity contribution in [2.75, 3.05) is 13.1 Å².